The number of aryl methyl sites for hydroxylation is 2. The van der Waals surface area contributed by atoms with E-state index < -0.39 is 0 Å². The van der Waals surface area contributed by atoms with Gasteiger partial charge in [0, 0.05) is 10.6 Å². The fourth-order valence-electron chi connectivity index (χ4n) is 1.75. The minimum Gasteiger partial charge on any atom is -0.485 e. The van der Waals surface area contributed by atoms with Crippen LogP contribution in [0.3, 0.4) is 0 Å². The molecule has 0 aliphatic rings. The molecule has 2 aromatic rings. The molecular formula is C16H15ClO2. The number of hydrogen-bond donors (Lipinski definition) is 0. The number of ketones is 1. The third kappa shape index (κ3) is 3.58. The van der Waals surface area contributed by atoms with Crippen molar-refractivity contribution in [3.63, 3.8) is 0 Å². The molecule has 19 heavy (non-hydrogen) atoms. The van der Waals surface area contributed by atoms with Crippen molar-refractivity contribution in [2.24, 2.45) is 0 Å². The fraction of sp³-hybridized carbons (Fsp3) is 0.188. The number of benzene rings is 2. The van der Waals surface area contributed by atoms with Crippen LogP contribution in [0.1, 0.15) is 21.5 Å². The van der Waals surface area contributed by atoms with E-state index in [1.165, 1.54) is 0 Å². The first-order valence-electron chi connectivity index (χ1n) is 6.05. The number of Topliss-reactive ketones (excluding diaryl/α,β-unsaturated/α-hetero) is 1. The molecule has 0 atom stereocenters. The van der Waals surface area contributed by atoms with Gasteiger partial charge in [-0.25, -0.2) is 0 Å². The number of hydrogen-bond acceptors (Lipinski definition) is 2. The molecule has 0 N–H and O–H groups in total. The topological polar surface area (TPSA) is 26.3 Å². The van der Waals surface area contributed by atoms with Gasteiger partial charge in [0.05, 0.1) is 0 Å². The first-order valence-corrected chi connectivity index (χ1v) is 6.43. The molecular weight excluding hydrogens is 260 g/mol. The predicted molar refractivity (Wildman–Crippen MR) is 77.2 cm³/mol. The zero-order valence-corrected chi connectivity index (χ0v) is 11.7. The van der Waals surface area contributed by atoms with Crippen LogP contribution in [0.15, 0.2) is 42.5 Å². The molecule has 0 heterocycles. The van der Waals surface area contributed by atoms with Gasteiger partial charge in [-0.2, -0.15) is 0 Å². The highest BCUT2D eigenvalue weighted by Gasteiger charge is 2.08. The second-order valence-corrected chi connectivity index (χ2v) is 4.93. The lowest BCUT2D eigenvalue weighted by molar-refractivity contribution is 0.0921. The van der Waals surface area contributed by atoms with Gasteiger partial charge in [-0.3, -0.25) is 4.79 Å². The normalized spacial score (nSPS) is 10.3. The number of carbonyl (C=O) groups is 1. The van der Waals surface area contributed by atoms with Gasteiger partial charge < -0.3 is 4.74 Å². The first kappa shape index (κ1) is 13.6. The van der Waals surface area contributed by atoms with Gasteiger partial charge in [0.25, 0.3) is 0 Å². The summed E-state index contributed by atoms with van der Waals surface area (Å²) >= 11 is 5.86. The molecule has 0 saturated carbocycles. The molecule has 2 nitrogen and oxygen atoms in total. The van der Waals surface area contributed by atoms with Crippen LogP contribution in [0, 0.1) is 13.8 Å². The van der Waals surface area contributed by atoms with E-state index in [-0.39, 0.29) is 12.4 Å². The van der Waals surface area contributed by atoms with Gasteiger partial charge in [-0.1, -0.05) is 35.9 Å². The Morgan fingerprint density at radius 3 is 2.68 bits per heavy atom. The van der Waals surface area contributed by atoms with Crippen molar-refractivity contribution in [3.05, 3.63) is 64.2 Å². The maximum atomic E-state index is 12.0. The quantitative estimate of drug-likeness (QED) is 0.781. The molecule has 0 radical (unpaired) electrons. The molecule has 98 valence electrons. The molecule has 3 heteroatoms. The summed E-state index contributed by atoms with van der Waals surface area (Å²) in [6.07, 6.45) is 0. The van der Waals surface area contributed by atoms with Crippen LogP contribution >= 0.6 is 11.6 Å². The summed E-state index contributed by atoms with van der Waals surface area (Å²) < 4.78 is 5.58. The van der Waals surface area contributed by atoms with Gasteiger partial charge in [0.1, 0.15) is 5.75 Å². The summed E-state index contributed by atoms with van der Waals surface area (Å²) in [7, 11) is 0. The zero-order chi connectivity index (χ0) is 13.8. The Bertz CT molecular complexity index is 605. The van der Waals surface area contributed by atoms with Gasteiger partial charge in [-0.15, -0.1) is 0 Å². The molecule has 0 bridgehead atoms. The van der Waals surface area contributed by atoms with Crippen LogP contribution in [0.25, 0.3) is 0 Å². The van der Waals surface area contributed by atoms with E-state index >= 15 is 0 Å². The van der Waals surface area contributed by atoms with Crippen LogP contribution in [0.2, 0.25) is 5.02 Å². The molecule has 0 amide bonds. The molecule has 0 spiro atoms. The molecule has 2 aromatic carbocycles. The van der Waals surface area contributed by atoms with Crippen molar-refractivity contribution in [2.45, 2.75) is 13.8 Å². The van der Waals surface area contributed by atoms with E-state index in [0.29, 0.717) is 10.6 Å². The Labute approximate surface area is 118 Å². The van der Waals surface area contributed by atoms with Crippen LogP contribution < -0.4 is 4.74 Å². The summed E-state index contributed by atoms with van der Waals surface area (Å²) in [6, 6.07) is 12.8. The van der Waals surface area contributed by atoms with Crippen molar-refractivity contribution in [2.75, 3.05) is 6.61 Å². The van der Waals surface area contributed by atoms with E-state index in [0.717, 1.165) is 16.9 Å². The Morgan fingerprint density at radius 1 is 1.16 bits per heavy atom. The van der Waals surface area contributed by atoms with Gasteiger partial charge in [-0.05, 0) is 43.2 Å². The summed E-state index contributed by atoms with van der Waals surface area (Å²) in [6.45, 7) is 3.97. The minimum absolute atomic E-state index is 0.0185. The molecule has 0 aliphatic heterocycles. The van der Waals surface area contributed by atoms with Gasteiger partial charge in [0.2, 0.25) is 0 Å². The smallest absolute Gasteiger partial charge is 0.200 e. The van der Waals surface area contributed by atoms with Crippen LogP contribution in [0.5, 0.6) is 5.75 Å². The second-order valence-electron chi connectivity index (χ2n) is 4.49. The average Bonchev–Trinajstić information content (AvgIpc) is 2.39. The fourth-order valence-corrected chi connectivity index (χ4v) is 1.94. The molecule has 0 aliphatic carbocycles. The van der Waals surface area contributed by atoms with Crippen molar-refractivity contribution >= 4 is 17.4 Å². The highest BCUT2D eigenvalue weighted by Crippen LogP contribution is 2.19. The van der Waals surface area contributed by atoms with E-state index in [2.05, 4.69) is 0 Å². The van der Waals surface area contributed by atoms with E-state index in [9.17, 15) is 4.79 Å². The summed E-state index contributed by atoms with van der Waals surface area (Å²) in [4.78, 5) is 12.0. The largest absolute Gasteiger partial charge is 0.485 e. The minimum atomic E-state index is -0.0802. The second kappa shape index (κ2) is 5.89. The highest BCUT2D eigenvalue weighted by atomic mass is 35.5. The summed E-state index contributed by atoms with van der Waals surface area (Å²) in [5.74, 6) is 0.666. The lowest BCUT2D eigenvalue weighted by Gasteiger charge is -2.09. The van der Waals surface area contributed by atoms with E-state index in [1.807, 2.05) is 32.0 Å². The molecule has 0 aromatic heterocycles. The zero-order valence-electron chi connectivity index (χ0n) is 10.9. The van der Waals surface area contributed by atoms with E-state index in [1.54, 1.807) is 24.3 Å². The Hall–Kier alpha value is -1.80. The third-order valence-corrected chi connectivity index (χ3v) is 3.08. The van der Waals surface area contributed by atoms with Crippen molar-refractivity contribution in [1.29, 1.82) is 0 Å². The lowest BCUT2D eigenvalue weighted by Crippen LogP contribution is -2.12. The highest BCUT2D eigenvalue weighted by molar-refractivity contribution is 6.31. The van der Waals surface area contributed by atoms with Crippen LogP contribution in [0.4, 0.5) is 0 Å². The molecule has 0 fully saturated rings. The number of ether oxygens (including phenoxy) is 1. The molecule has 2 rings (SSSR count). The SMILES string of the molecule is Cc1ccc(C)c(OCC(=O)c2cccc(Cl)c2)c1. The number of halogens is 1. The monoisotopic (exact) mass is 274 g/mol. The Morgan fingerprint density at radius 2 is 1.95 bits per heavy atom. The number of carbonyl (C=O) groups excluding carboxylic acids is 1. The summed E-state index contributed by atoms with van der Waals surface area (Å²) in [5.41, 5.74) is 2.69. The van der Waals surface area contributed by atoms with Gasteiger partial charge >= 0.3 is 0 Å². The lowest BCUT2D eigenvalue weighted by atomic mass is 10.1. The number of rotatable bonds is 4. The average molecular weight is 275 g/mol. The standard InChI is InChI=1S/C16H15ClO2/c1-11-6-7-12(2)16(8-11)19-10-15(18)13-4-3-5-14(17)9-13/h3-9H,10H2,1-2H3. The maximum Gasteiger partial charge on any atom is 0.200 e. The van der Waals surface area contributed by atoms with Crippen LogP contribution in [-0.2, 0) is 0 Å². The van der Waals surface area contributed by atoms with Crippen molar-refractivity contribution < 1.29 is 9.53 Å². The molecule has 0 unspecified atom stereocenters. The summed E-state index contributed by atoms with van der Waals surface area (Å²) in [5, 5.41) is 0.553. The first-order chi connectivity index (χ1) is 9.06. The van der Waals surface area contributed by atoms with Gasteiger partial charge in [0.15, 0.2) is 12.4 Å². The van der Waals surface area contributed by atoms with Crippen molar-refractivity contribution in [1.82, 2.24) is 0 Å². The van der Waals surface area contributed by atoms with E-state index in [4.69, 9.17) is 16.3 Å². The molecule has 0 saturated heterocycles. The Kier molecular flexibility index (Phi) is 4.23. The Balaban J connectivity index is 2.06. The predicted octanol–water partition coefficient (Wildman–Crippen LogP) is 4.22. The van der Waals surface area contributed by atoms with Crippen LogP contribution in [-0.4, -0.2) is 12.4 Å². The third-order valence-electron chi connectivity index (χ3n) is 2.85. The maximum absolute atomic E-state index is 12.0. The van der Waals surface area contributed by atoms with Crippen molar-refractivity contribution in [3.8, 4) is 5.75 Å².